The molecule has 9 heteroatoms. The fraction of sp³-hybridized carbons (Fsp3) is 0.320. The van der Waals surface area contributed by atoms with Gasteiger partial charge < -0.3 is 19.7 Å². The topological polar surface area (TPSA) is 85.7 Å². The highest BCUT2D eigenvalue weighted by Gasteiger charge is 2.26. The largest absolute Gasteiger partial charge is 0.497 e. The SMILES string of the molecule is COc1ccc(CNC(=O)C2CCN(c3ccc(=O)n(-c4cccc(F)c4)n3)CC2)c(OC)c1. The van der Waals surface area contributed by atoms with Crippen LogP contribution in [0.4, 0.5) is 10.2 Å². The van der Waals surface area contributed by atoms with E-state index in [1.165, 1.54) is 28.9 Å². The van der Waals surface area contributed by atoms with Crippen molar-refractivity contribution in [2.45, 2.75) is 19.4 Å². The molecule has 1 N–H and O–H groups in total. The van der Waals surface area contributed by atoms with E-state index < -0.39 is 5.82 Å². The number of halogens is 1. The Kier molecular flexibility index (Phi) is 7.10. The van der Waals surface area contributed by atoms with E-state index in [-0.39, 0.29) is 17.4 Å². The lowest BCUT2D eigenvalue weighted by Crippen LogP contribution is -2.41. The number of carbonyl (C=O) groups excluding carboxylic acids is 1. The van der Waals surface area contributed by atoms with E-state index in [4.69, 9.17) is 9.47 Å². The lowest BCUT2D eigenvalue weighted by atomic mass is 9.96. The van der Waals surface area contributed by atoms with E-state index in [2.05, 4.69) is 10.4 Å². The monoisotopic (exact) mass is 466 g/mol. The lowest BCUT2D eigenvalue weighted by Gasteiger charge is -2.32. The van der Waals surface area contributed by atoms with Crippen molar-refractivity contribution in [3.8, 4) is 17.2 Å². The second-order valence-corrected chi connectivity index (χ2v) is 8.08. The van der Waals surface area contributed by atoms with Gasteiger partial charge in [-0.2, -0.15) is 4.68 Å². The first kappa shape index (κ1) is 23.3. The molecule has 0 saturated carbocycles. The van der Waals surface area contributed by atoms with Crippen LogP contribution in [0.5, 0.6) is 11.5 Å². The molecule has 1 aromatic heterocycles. The molecule has 34 heavy (non-hydrogen) atoms. The van der Waals surface area contributed by atoms with Crippen molar-refractivity contribution >= 4 is 11.7 Å². The number of ether oxygens (including phenoxy) is 2. The molecule has 0 unspecified atom stereocenters. The van der Waals surface area contributed by atoms with Crippen molar-refractivity contribution in [1.29, 1.82) is 0 Å². The predicted octanol–water partition coefficient (Wildman–Crippen LogP) is 2.92. The van der Waals surface area contributed by atoms with Crippen LogP contribution in [0.2, 0.25) is 0 Å². The number of benzene rings is 2. The van der Waals surface area contributed by atoms with Gasteiger partial charge in [0.2, 0.25) is 5.91 Å². The standard InChI is InChI=1S/C25H27FN4O4/c1-33-21-7-6-18(22(15-21)34-2)16-27-25(32)17-10-12-29(13-11-17)23-8-9-24(31)30(28-23)20-5-3-4-19(26)14-20/h3-9,14-15,17H,10-13,16H2,1-2H3,(H,27,32). The quantitative estimate of drug-likeness (QED) is 0.576. The highest BCUT2D eigenvalue weighted by molar-refractivity contribution is 5.79. The highest BCUT2D eigenvalue weighted by atomic mass is 19.1. The van der Waals surface area contributed by atoms with Crippen molar-refractivity contribution in [2.24, 2.45) is 5.92 Å². The zero-order valence-electron chi connectivity index (χ0n) is 19.2. The maximum atomic E-state index is 13.6. The predicted molar refractivity (Wildman–Crippen MR) is 126 cm³/mol. The number of piperidine rings is 1. The minimum atomic E-state index is -0.435. The maximum absolute atomic E-state index is 13.6. The number of anilines is 1. The maximum Gasteiger partial charge on any atom is 0.271 e. The molecule has 2 heterocycles. The third kappa shape index (κ3) is 5.19. The molecule has 4 rings (SSSR count). The molecule has 0 bridgehead atoms. The molecule has 0 spiro atoms. The number of aromatic nitrogens is 2. The molecule has 1 fully saturated rings. The van der Waals surface area contributed by atoms with Crippen LogP contribution in [0.25, 0.3) is 5.69 Å². The van der Waals surface area contributed by atoms with Crippen LogP contribution in [0.1, 0.15) is 18.4 Å². The van der Waals surface area contributed by atoms with Crippen molar-refractivity contribution in [3.05, 3.63) is 76.3 Å². The first-order valence-corrected chi connectivity index (χ1v) is 11.1. The van der Waals surface area contributed by atoms with Gasteiger partial charge in [0.05, 0.1) is 19.9 Å². The smallest absolute Gasteiger partial charge is 0.271 e. The van der Waals surface area contributed by atoms with Crippen LogP contribution in [0, 0.1) is 11.7 Å². The summed E-state index contributed by atoms with van der Waals surface area (Å²) in [5.41, 5.74) is 0.908. The number of methoxy groups -OCH3 is 2. The Labute approximate surface area is 196 Å². The van der Waals surface area contributed by atoms with E-state index >= 15 is 0 Å². The molecule has 1 aliphatic rings. The molecule has 2 aromatic carbocycles. The van der Waals surface area contributed by atoms with Crippen LogP contribution in [-0.4, -0.2) is 43.0 Å². The highest BCUT2D eigenvalue weighted by Crippen LogP contribution is 2.25. The fourth-order valence-electron chi connectivity index (χ4n) is 4.06. The number of rotatable bonds is 7. The Balaban J connectivity index is 1.37. The molecular formula is C25H27FN4O4. The van der Waals surface area contributed by atoms with Crippen LogP contribution in [0.3, 0.4) is 0 Å². The minimum absolute atomic E-state index is 0.00443. The Morgan fingerprint density at radius 1 is 1.09 bits per heavy atom. The average molecular weight is 467 g/mol. The van der Waals surface area contributed by atoms with Crippen molar-refractivity contribution in [1.82, 2.24) is 15.1 Å². The summed E-state index contributed by atoms with van der Waals surface area (Å²) in [5, 5.41) is 7.43. The first-order valence-electron chi connectivity index (χ1n) is 11.1. The van der Waals surface area contributed by atoms with Gasteiger partial charge in [0.15, 0.2) is 0 Å². The summed E-state index contributed by atoms with van der Waals surface area (Å²) in [6.07, 6.45) is 1.32. The summed E-state index contributed by atoms with van der Waals surface area (Å²) >= 11 is 0. The second kappa shape index (κ2) is 10.4. The molecule has 0 atom stereocenters. The molecular weight excluding hydrogens is 439 g/mol. The molecule has 0 radical (unpaired) electrons. The zero-order chi connectivity index (χ0) is 24.1. The zero-order valence-corrected chi connectivity index (χ0v) is 19.2. The van der Waals surface area contributed by atoms with Crippen LogP contribution < -0.4 is 25.2 Å². The van der Waals surface area contributed by atoms with Gasteiger partial charge in [-0.25, -0.2) is 4.39 Å². The van der Waals surface area contributed by atoms with Gasteiger partial charge in [0.1, 0.15) is 23.1 Å². The molecule has 3 aromatic rings. The van der Waals surface area contributed by atoms with Gasteiger partial charge in [-0.05, 0) is 49.2 Å². The fourth-order valence-corrected chi connectivity index (χ4v) is 4.06. The first-order chi connectivity index (χ1) is 16.5. The Hall–Kier alpha value is -3.88. The second-order valence-electron chi connectivity index (χ2n) is 8.08. The van der Waals surface area contributed by atoms with E-state index in [0.717, 1.165) is 5.56 Å². The number of nitrogens with one attached hydrogen (secondary N) is 1. The third-order valence-corrected chi connectivity index (χ3v) is 5.98. The van der Waals surface area contributed by atoms with E-state index in [9.17, 15) is 14.0 Å². The number of amides is 1. The van der Waals surface area contributed by atoms with Crippen LogP contribution >= 0.6 is 0 Å². The van der Waals surface area contributed by atoms with E-state index in [0.29, 0.717) is 55.5 Å². The molecule has 1 aliphatic heterocycles. The number of hydrogen-bond acceptors (Lipinski definition) is 6. The summed E-state index contributed by atoms with van der Waals surface area (Å²) in [5.74, 6) is 1.41. The third-order valence-electron chi connectivity index (χ3n) is 5.98. The van der Waals surface area contributed by atoms with Crippen LogP contribution in [-0.2, 0) is 11.3 Å². The van der Waals surface area contributed by atoms with Gasteiger partial charge in [-0.3, -0.25) is 9.59 Å². The van der Waals surface area contributed by atoms with Gasteiger partial charge in [0, 0.05) is 43.2 Å². The van der Waals surface area contributed by atoms with Gasteiger partial charge >= 0.3 is 0 Å². The molecule has 8 nitrogen and oxygen atoms in total. The van der Waals surface area contributed by atoms with Gasteiger partial charge in [-0.15, -0.1) is 5.10 Å². The molecule has 178 valence electrons. The Morgan fingerprint density at radius 3 is 2.59 bits per heavy atom. The molecule has 0 aliphatic carbocycles. The normalized spacial score (nSPS) is 14.0. The van der Waals surface area contributed by atoms with Crippen molar-refractivity contribution in [2.75, 3.05) is 32.2 Å². The summed E-state index contributed by atoms with van der Waals surface area (Å²) in [7, 11) is 3.18. The van der Waals surface area contributed by atoms with Crippen molar-refractivity contribution < 1.29 is 18.7 Å². The van der Waals surface area contributed by atoms with Crippen molar-refractivity contribution in [3.63, 3.8) is 0 Å². The average Bonchev–Trinajstić information content (AvgIpc) is 2.87. The summed E-state index contributed by atoms with van der Waals surface area (Å²) in [4.78, 5) is 27.1. The summed E-state index contributed by atoms with van der Waals surface area (Å²) in [6, 6.07) is 14.3. The van der Waals surface area contributed by atoms with Gasteiger partial charge in [-0.1, -0.05) is 6.07 Å². The number of nitrogens with zero attached hydrogens (tertiary/aromatic N) is 3. The lowest BCUT2D eigenvalue weighted by molar-refractivity contribution is -0.125. The summed E-state index contributed by atoms with van der Waals surface area (Å²) in [6.45, 7) is 1.61. The number of hydrogen-bond donors (Lipinski definition) is 1. The minimum Gasteiger partial charge on any atom is -0.497 e. The number of carbonyl (C=O) groups is 1. The van der Waals surface area contributed by atoms with E-state index in [1.807, 2.05) is 17.0 Å². The van der Waals surface area contributed by atoms with Crippen LogP contribution in [0.15, 0.2) is 59.4 Å². The van der Waals surface area contributed by atoms with Gasteiger partial charge in [0.25, 0.3) is 5.56 Å². The Morgan fingerprint density at radius 2 is 1.88 bits per heavy atom. The Bertz CT molecular complexity index is 1220. The molecule has 1 saturated heterocycles. The van der Waals surface area contributed by atoms with E-state index in [1.54, 1.807) is 32.4 Å². The summed E-state index contributed by atoms with van der Waals surface area (Å²) < 4.78 is 25.4. The molecule has 1 amide bonds.